The molecule has 1 aromatic carbocycles. The van der Waals surface area contributed by atoms with Crippen molar-refractivity contribution >= 4 is 0 Å². The van der Waals surface area contributed by atoms with Gasteiger partial charge in [0.25, 0.3) is 0 Å². The van der Waals surface area contributed by atoms with Gasteiger partial charge in [-0.25, -0.2) is 0 Å². The molecule has 1 aromatic rings. The molecule has 1 heteroatoms. The average molecular weight is 215 g/mol. The Kier molecular flexibility index (Phi) is 3.15. The molecule has 0 fully saturated rings. The van der Waals surface area contributed by atoms with Crippen LogP contribution >= 0.6 is 0 Å². The summed E-state index contributed by atoms with van der Waals surface area (Å²) in [5.74, 6) is 0. The van der Waals surface area contributed by atoms with E-state index in [0.29, 0.717) is 0 Å². The maximum atomic E-state index is 6.38. The molecule has 0 amide bonds. The van der Waals surface area contributed by atoms with Crippen molar-refractivity contribution in [2.45, 2.75) is 46.1 Å². The lowest BCUT2D eigenvalue weighted by Crippen LogP contribution is -2.15. The maximum absolute atomic E-state index is 6.38. The summed E-state index contributed by atoms with van der Waals surface area (Å²) >= 11 is 0. The van der Waals surface area contributed by atoms with E-state index in [2.05, 4.69) is 39.0 Å². The van der Waals surface area contributed by atoms with E-state index in [1.165, 1.54) is 47.1 Å². The zero-order chi connectivity index (χ0) is 11.7. The van der Waals surface area contributed by atoms with Crippen molar-refractivity contribution in [2.24, 2.45) is 5.73 Å². The van der Waals surface area contributed by atoms with E-state index in [4.69, 9.17) is 5.73 Å². The SMILES string of the molecule is Cc1cc(C)c(C(N)C2=CCCC2)c(C)c1. The van der Waals surface area contributed by atoms with Gasteiger partial charge >= 0.3 is 0 Å². The van der Waals surface area contributed by atoms with Crippen LogP contribution in [0.4, 0.5) is 0 Å². The smallest absolute Gasteiger partial charge is 0.0516 e. The highest BCUT2D eigenvalue weighted by Crippen LogP contribution is 2.32. The van der Waals surface area contributed by atoms with Crippen molar-refractivity contribution in [3.8, 4) is 0 Å². The number of benzene rings is 1. The van der Waals surface area contributed by atoms with E-state index in [-0.39, 0.29) is 6.04 Å². The molecule has 1 nitrogen and oxygen atoms in total. The van der Waals surface area contributed by atoms with Crippen LogP contribution in [0.25, 0.3) is 0 Å². The van der Waals surface area contributed by atoms with Gasteiger partial charge in [0.05, 0.1) is 6.04 Å². The molecule has 2 rings (SSSR count). The summed E-state index contributed by atoms with van der Waals surface area (Å²) in [6.45, 7) is 6.49. The van der Waals surface area contributed by atoms with Gasteiger partial charge in [-0.1, -0.05) is 29.3 Å². The third kappa shape index (κ3) is 2.05. The number of hydrogen-bond donors (Lipinski definition) is 1. The minimum Gasteiger partial charge on any atom is -0.321 e. The normalized spacial score (nSPS) is 17.4. The molecular weight excluding hydrogens is 194 g/mol. The Labute approximate surface area is 98.4 Å². The van der Waals surface area contributed by atoms with Crippen molar-refractivity contribution in [2.75, 3.05) is 0 Å². The zero-order valence-corrected chi connectivity index (χ0v) is 10.5. The van der Waals surface area contributed by atoms with Crippen molar-refractivity contribution in [3.63, 3.8) is 0 Å². The zero-order valence-electron chi connectivity index (χ0n) is 10.5. The van der Waals surface area contributed by atoms with Crippen LogP contribution in [0.5, 0.6) is 0 Å². The predicted octanol–water partition coefficient (Wildman–Crippen LogP) is 3.72. The van der Waals surface area contributed by atoms with E-state index >= 15 is 0 Å². The fourth-order valence-corrected chi connectivity index (χ4v) is 2.85. The van der Waals surface area contributed by atoms with Gasteiger partial charge in [0.2, 0.25) is 0 Å². The van der Waals surface area contributed by atoms with Crippen LogP contribution in [0.15, 0.2) is 23.8 Å². The lowest BCUT2D eigenvalue weighted by molar-refractivity contribution is 0.774. The first-order valence-electron chi connectivity index (χ1n) is 6.12. The second-order valence-corrected chi connectivity index (χ2v) is 4.96. The van der Waals surface area contributed by atoms with Gasteiger partial charge in [-0.2, -0.15) is 0 Å². The van der Waals surface area contributed by atoms with Crippen molar-refractivity contribution in [1.82, 2.24) is 0 Å². The molecule has 16 heavy (non-hydrogen) atoms. The Balaban J connectivity index is 2.39. The highest BCUT2D eigenvalue weighted by atomic mass is 14.6. The fraction of sp³-hybridized carbons (Fsp3) is 0.467. The molecule has 1 aliphatic rings. The Morgan fingerprint density at radius 3 is 2.25 bits per heavy atom. The topological polar surface area (TPSA) is 26.0 Å². The van der Waals surface area contributed by atoms with E-state index in [1.807, 2.05) is 0 Å². The first-order chi connectivity index (χ1) is 7.59. The number of nitrogens with two attached hydrogens (primary N) is 1. The molecule has 0 spiro atoms. The van der Waals surface area contributed by atoms with Crippen LogP contribution in [-0.2, 0) is 0 Å². The first kappa shape index (κ1) is 11.4. The molecule has 1 aliphatic carbocycles. The van der Waals surface area contributed by atoms with E-state index in [0.717, 1.165) is 0 Å². The summed E-state index contributed by atoms with van der Waals surface area (Å²) in [5.41, 5.74) is 13.1. The lowest BCUT2D eigenvalue weighted by atomic mass is 9.90. The predicted molar refractivity (Wildman–Crippen MR) is 69.5 cm³/mol. The molecular formula is C15H21N. The first-order valence-corrected chi connectivity index (χ1v) is 6.12. The van der Waals surface area contributed by atoms with Gasteiger partial charge in [0.1, 0.15) is 0 Å². The Hall–Kier alpha value is -1.08. The summed E-state index contributed by atoms with van der Waals surface area (Å²) in [5, 5.41) is 0. The summed E-state index contributed by atoms with van der Waals surface area (Å²) in [7, 11) is 0. The van der Waals surface area contributed by atoms with E-state index < -0.39 is 0 Å². The van der Waals surface area contributed by atoms with Crippen molar-refractivity contribution in [3.05, 3.63) is 46.0 Å². The Bertz CT molecular complexity index is 406. The highest BCUT2D eigenvalue weighted by molar-refractivity contribution is 5.43. The Morgan fingerprint density at radius 2 is 1.75 bits per heavy atom. The fourth-order valence-electron chi connectivity index (χ4n) is 2.85. The number of aryl methyl sites for hydroxylation is 3. The van der Waals surface area contributed by atoms with Gasteiger partial charge in [-0.15, -0.1) is 0 Å². The second-order valence-electron chi connectivity index (χ2n) is 4.96. The van der Waals surface area contributed by atoms with E-state index in [9.17, 15) is 0 Å². The monoisotopic (exact) mass is 215 g/mol. The molecule has 1 atom stereocenters. The van der Waals surface area contributed by atoms with Crippen LogP contribution in [0.3, 0.4) is 0 Å². The average Bonchev–Trinajstić information content (AvgIpc) is 2.67. The maximum Gasteiger partial charge on any atom is 0.0516 e. The van der Waals surface area contributed by atoms with Gasteiger partial charge < -0.3 is 5.73 Å². The quantitative estimate of drug-likeness (QED) is 0.747. The summed E-state index contributed by atoms with van der Waals surface area (Å²) in [4.78, 5) is 0. The number of rotatable bonds is 2. The third-order valence-electron chi connectivity index (χ3n) is 3.52. The molecule has 2 N–H and O–H groups in total. The van der Waals surface area contributed by atoms with Crippen LogP contribution in [0.1, 0.15) is 47.6 Å². The molecule has 0 heterocycles. The van der Waals surface area contributed by atoms with Crippen LogP contribution < -0.4 is 5.73 Å². The molecule has 0 bridgehead atoms. The van der Waals surface area contributed by atoms with Crippen LogP contribution in [0, 0.1) is 20.8 Å². The molecule has 0 aliphatic heterocycles. The van der Waals surface area contributed by atoms with Gasteiger partial charge in [0.15, 0.2) is 0 Å². The number of allylic oxidation sites excluding steroid dienone is 1. The summed E-state index contributed by atoms with van der Waals surface area (Å²) < 4.78 is 0. The molecule has 1 unspecified atom stereocenters. The molecule has 0 aromatic heterocycles. The van der Waals surface area contributed by atoms with Crippen LogP contribution in [-0.4, -0.2) is 0 Å². The molecule has 0 saturated heterocycles. The summed E-state index contributed by atoms with van der Waals surface area (Å²) in [6, 6.07) is 4.58. The Morgan fingerprint density at radius 1 is 1.12 bits per heavy atom. The minimum atomic E-state index is 0.114. The minimum absolute atomic E-state index is 0.114. The largest absolute Gasteiger partial charge is 0.321 e. The van der Waals surface area contributed by atoms with Crippen molar-refractivity contribution in [1.29, 1.82) is 0 Å². The summed E-state index contributed by atoms with van der Waals surface area (Å²) in [6.07, 6.45) is 5.97. The van der Waals surface area contributed by atoms with Gasteiger partial charge in [-0.3, -0.25) is 0 Å². The van der Waals surface area contributed by atoms with Crippen molar-refractivity contribution < 1.29 is 0 Å². The molecule has 86 valence electrons. The lowest BCUT2D eigenvalue weighted by Gasteiger charge is -2.19. The van der Waals surface area contributed by atoms with E-state index in [1.54, 1.807) is 0 Å². The third-order valence-corrected chi connectivity index (χ3v) is 3.52. The molecule has 0 saturated carbocycles. The van der Waals surface area contributed by atoms with Gasteiger partial charge in [-0.05, 0) is 56.7 Å². The highest BCUT2D eigenvalue weighted by Gasteiger charge is 2.18. The number of hydrogen-bond acceptors (Lipinski definition) is 1. The van der Waals surface area contributed by atoms with Crippen LogP contribution in [0.2, 0.25) is 0 Å². The molecule has 0 radical (unpaired) electrons. The standard InChI is InChI=1S/C15H21N/c1-10-8-11(2)14(12(3)9-10)15(16)13-6-4-5-7-13/h6,8-9,15H,4-5,7,16H2,1-3H3. The second kappa shape index (κ2) is 4.42. The van der Waals surface area contributed by atoms with Gasteiger partial charge in [0, 0.05) is 0 Å².